The Morgan fingerprint density at radius 2 is 2.46 bits per heavy atom. The van der Waals surface area contributed by atoms with Crippen LogP contribution in [0.25, 0.3) is 0 Å². The molecule has 5 heteroatoms. The molecule has 0 aromatic rings. The zero-order valence-electron chi connectivity index (χ0n) is 6.99. The Morgan fingerprint density at radius 3 is 3.15 bits per heavy atom. The lowest BCUT2D eigenvalue weighted by Gasteiger charge is -2.12. The summed E-state index contributed by atoms with van der Waals surface area (Å²) in [6.45, 7) is 0. The van der Waals surface area contributed by atoms with Gasteiger partial charge >= 0.3 is 0 Å². The largest absolute Gasteiger partial charge is 0.370 e. The zero-order chi connectivity index (χ0) is 9.26. The third-order valence-electron chi connectivity index (χ3n) is 1.91. The molecule has 0 amide bonds. The molecule has 1 aliphatic carbocycles. The number of nitrogens with one attached hydrogen (secondary N) is 3. The molecule has 5 nitrogen and oxygen atoms in total. The van der Waals surface area contributed by atoms with Gasteiger partial charge in [-0.05, 0) is 6.08 Å². The standard InChI is InChI=1S/C8H11N5/c9-7(10)13-8-11-5-3-1-2-4-6(5)12-8/h1-5,8,11H,(H4,9,10,13). The van der Waals surface area contributed by atoms with Crippen LogP contribution in [0.4, 0.5) is 0 Å². The first-order valence-corrected chi connectivity index (χ1v) is 4.05. The number of nitrogens with two attached hydrogens (primary N) is 1. The van der Waals surface area contributed by atoms with Crippen LogP contribution >= 0.6 is 0 Å². The van der Waals surface area contributed by atoms with Crippen molar-refractivity contribution in [2.45, 2.75) is 12.3 Å². The molecule has 68 valence electrons. The van der Waals surface area contributed by atoms with Gasteiger partial charge in [0.15, 0.2) is 12.2 Å². The predicted octanol–water partition coefficient (Wildman–Crippen LogP) is -0.708. The summed E-state index contributed by atoms with van der Waals surface area (Å²) in [5.74, 6) is -0.0755. The van der Waals surface area contributed by atoms with Gasteiger partial charge in [-0.2, -0.15) is 0 Å². The molecule has 0 aromatic heterocycles. The van der Waals surface area contributed by atoms with Crippen molar-refractivity contribution in [2.75, 3.05) is 0 Å². The second-order valence-electron chi connectivity index (χ2n) is 2.90. The summed E-state index contributed by atoms with van der Waals surface area (Å²) in [5.41, 5.74) is 6.16. The number of allylic oxidation sites excluding steroid dienone is 2. The summed E-state index contributed by atoms with van der Waals surface area (Å²) in [7, 11) is 0. The highest BCUT2D eigenvalue weighted by Crippen LogP contribution is 2.09. The van der Waals surface area contributed by atoms with E-state index < -0.39 is 0 Å². The SMILES string of the molecule is N=C(N)NC1N=C2C=CC=CC2N1. The van der Waals surface area contributed by atoms with E-state index in [4.69, 9.17) is 11.1 Å². The van der Waals surface area contributed by atoms with Gasteiger partial charge < -0.3 is 11.1 Å². The molecule has 0 saturated heterocycles. The van der Waals surface area contributed by atoms with Crippen molar-refractivity contribution in [3.05, 3.63) is 24.3 Å². The number of rotatable bonds is 1. The van der Waals surface area contributed by atoms with E-state index in [1.54, 1.807) is 0 Å². The van der Waals surface area contributed by atoms with Gasteiger partial charge in [-0.3, -0.25) is 10.7 Å². The van der Waals surface area contributed by atoms with E-state index in [9.17, 15) is 0 Å². The fraction of sp³-hybridized carbons (Fsp3) is 0.250. The van der Waals surface area contributed by atoms with Gasteiger partial charge in [0.2, 0.25) is 0 Å². The van der Waals surface area contributed by atoms with Crippen LogP contribution in [0, 0.1) is 5.41 Å². The topological polar surface area (TPSA) is 86.3 Å². The van der Waals surface area contributed by atoms with E-state index in [2.05, 4.69) is 15.6 Å². The van der Waals surface area contributed by atoms with E-state index in [1.807, 2.05) is 24.3 Å². The van der Waals surface area contributed by atoms with Crippen LogP contribution in [0.3, 0.4) is 0 Å². The van der Waals surface area contributed by atoms with Crippen LogP contribution < -0.4 is 16.4 Å². The van der Waals surface area contributed by atoms with Crippen molar-refractivity contribution < 1.29 is 0 Å². The average Bonchev–Trinajstić information content (AvgIpc) is 2.44. The number of fused-ring (bicyclic) bond motifs is 1. The lowest BCUT2D eigenvalue weighted by molar-refractivity contribution is 0.539. The van der Waals surface area contributed by atoms with Gasteiger partial charge in [0.05, 0.1) is 11.8 Å². The maximum Gasteiger partial charge on any atom is 0.188 e. The van der Waals surface area contributed by atoms with Crippen molar-refractivity contribution in [3.63, 3.8) is 0 Å². The molecule has 0 aromatic carbocycles. The van der Waals surface area contributed by atoms with E-state index in [-0.39, 0.29) is 18.3 Å². The van der Waals surface area contributed by atoms with Crippen molar-refractivity contribution in [3.8, 4) is 0 Å². The van der Waals surface area contributed by atoms with Crippen LogP contribution in [-0.2, 0) is 0 Å². The predicted molar refractivity (Wildman–Crippen MR) is 51.5 cm³/mol. The van der Waals surface area contributed by atoms with Gasteiger partial charge in [-0.25, -0.2) is 4.99 Å². The highest BCUT2D eigenvalue weighted by atomic mass is 15.3. The van der Waals surface area contributed by atoms with Crippen LogP contribution in [0.15, 0.2) is 29.3 Å². The summed E-state index contributed by atoms with van der Waals surface area (Å²) in [6, 6.07) is 0.154. The first-order chi connectivity index (χ1) is 6.25. The van der Waals surface area contributed by atoms with Crippen molar-refractivity contribution in [2.24, 2.45) is 10.7 Å². The minimum atomic E-state index is -0.273. The molecular formula is C8H11N5. The van der Waals surface area contributed by atoms with Crippen molar-refractivity contribution in [1.82, 2.24) is 10.6 Å². The summed E-state index contributed by atoms with van der Waals surface area (Å²) >= 11 is 0. The van der Waals surface area contributed by atoms with E-state index in [0.717, 1.165) is 5.71 Å². The highest BCUT2D eigenvalue weighted by Gasteiger charge is 2.24. The van der Waals surface area contributed by atoms with Gasteiger partial charge in [0.25, 0.3) is 0 Å². The summed E-state index contributed by atoms with van der Waals surface area (Å²) < 4.78 is 0. The molecule has 0 radical (unpaired) electrons. The van der Waals surface area contributed by atoms with Crippen LogP contribution in [0.2, 0.25) is 0 Å². The zero-order valence-corrected chi connectivity index (χ0v) is 6.99. The normalized spacial score (nSPS) is 29.7. The van der Waals surface area contributed by atoms with Gasteiger partial charge in [0, 0.05) is 0 Å². The molecule has 0 fully saturated rings. The second-order valence-corrected chi connectivity index (χ2v) is 2.90. The van der Waals surface area contributed by atoms with Crippen molar-refractivity contribution >= 4 is 11.7 Å². The van der Waals surface area contributed by atoms with Crippen LogP contribution in [0.5, 0.6) is 0 Å². The Kier molecular flexibility index (Phi) is 1.86. The third kappa shape index (κ3) is 1.59. The summed E-state index contributed by atoms with van der Waals surface area (Å²) in [5, 5.41) is 12.9. The molecule has 1 heterocycles. The molecule has 0 bridgehead atoms. The minimum Gasteiger partial charge on any atom is -0.370 e. The Balaban J connectivity index is 2.07. The average molecular weight is 177 g/mol. The highest BCUT2D eigenvalue weighted by molar-refractivity contribution is 6.03. The molecule has 2 atom stereocenters. The number of hydrogen-bond acceptors (Lipinski definition) is 3. The third-order valence-corrected chi connectivity index (χ3v) is 1.91. The maximum atomic E-state index is 7.04. The number of aliphatic imine (C=N–C) groups is 1. The fourth-order valence-corrected chi connectivity index (χ4v) is 1.37. The Labute approximate surface area is 75.9 Å². The molecule has 5 N–H and O–H groups in total. The lowest BCUT2D eigenvalue weighted by Crippen LogP contribution is -2.46. The van der Waals surface area contributed by atoms with Gasteiger partial charge in [-0.15, -0.1) is 0 Å². The molecule has 2 unspecified atom stereocenters. The van der Waals surface area contributed by atoms with Gasteiger partial charge in [-0.1, -0.05) is 18.2 Å². The molecule has 13 heavy (non-hydrogen) atoms. The molecule has 0 spiro atoms. The van der Waals surface area contributed by atoms with E-state index >= 15 is 0 Å². The van der Waals surface area contributed by atoms with Crippen molar-refractivity contribution in [1.29, 1.82) is 5.41 Å². The fourth-order valence-electron chi connectivity index (χ4n) is 1.37. The molecule has 0 saturated carbocycles. The van der Waals surface area contributed by atoms with Crippen LogP contribution in [0.1, 0.15) is 0 Å². The number of hydrogen-bond donors (Lipinski definition) is 4. The summed E-state index contributed by atoms with van der Waals surface area (Å²) in [6.07, 6.45) is 7.59. The first-order valence-electron chi connectivity index (χ1n) is 4.05. The molecule has 2 rings (SSSR count). The maximum absolute atomic E-state index is 7.04. The Hall–Kier alpha value is -1.62. The summed E-state index contributed by atoms with van der Waals surface area (Å²) in [4.78, 5) is 4.29. The molecule has 2 aliphatic rings. The Morgan fingerprint density at radius 1 is 1.62 bits per heavy atom. The monoisotopic (exact) mass is 177 g/mol. The Bertz CT molecular complexity index is 314. The quantitative estimate of drug-likeness (QED) is 0.315. The minimum absolute atomic E-state index is 0.0755. The van der Waals surface area contributed by atoms with E-state index in [0.29, 0.717) is 0 Å². The molecular weight excluding hydrogens is 166 g/mol. The van der Waals surface area contributed by atoms with Gasteiger partial charge in [0.1, 0.15) is 0 Å². The van der Waals surface area contributed by atoms with Crippen LogP contribution in [-0.4, -0.2) is 24.0 Å². The molecule has 1 aliphatic heterocycles. The first kappa shape index (κ1) is 8.00. The smallest absolute Gasteiger partial charge is 0.188 e. The second kappa shape index (κ2) is 3.02. The number of guanidine groups is 1. The number of nitrogens with zero attached hydrogens (tertiary/aromatic N) is 1. The van der Waals surface area contributed by atoms with E-state index in [1.165, 1.54) is 0 Å². The lowest BCUT2D eigenvalue weighted by atomic mass is 10.1.